The predicted molar refractivity (Wildman–Crippen MR) is 69.1 cm³/mol. The summed E-state index contributed by atoms with van der Waals surface area (Å²) in [4.78, 5) is 10.6. The zero-order valence-corrected chi connectivity index (χ0v) is 11.7. The summed E-state index contributed by atoms with van der Waals surface area (Å²) in [7, 11) is 0. The molecule has 1 atom stereocenters. The Labute approximate surface area is 116 Å². The van der Waals surface area contributed by atoms with Crippen LogP contribution in [0.25, 0.3) is 0 Å². The Bertz CT molecular complexity index is 463. The van der Waals surface area contributed by atoms with Crippen LogP contribution in [0.5, 0.6) is 0 Å². The largest absolute Gasteiger partial charge is 0.481 e. The van der Waals surface area contributed by atoms with Gasteiger partial charge in [-0.05, 0) is 24.6 Å². The van der Waals surface area contributed by atoms with Gasteiger partial charge in [0.15, 0.2) is 0 Å². The second kappa shape index (κ2) is 6.27. The van der Waals surface area contributed by atoms with Crippen LogP contribution in [-0.2, 0) is 11.0 Å². The zero-order chi connectivity index (χ0) is 14.6. The molecule has 1 aromatic rings. The number of carboxylic acids is 1. The molecule has 2 N–H and O–H groups in total. The fourth-order valence-corrected chi connectivity index (χ4v) is 1.82. The highest BCUT2D eigenvalue weighted by Gasteiger charge is 2.33. The third-order valence-corrected chi connectivity index (χ3v) is 3.09. The van der Waals surface area contributed by atoms with E-state index < -0.39 is 23.6 Å². The van der Waals surface area contributed by atoms with Gasteiger partial charge in [-0.25, -0.2) is 0 Å². The van der Waals surface area contributed by atoms with E-state index in [9.17, 15) is 18.0 Å². The topological polar surface area (TPSA) is 49.3 Å². The van der Waals surface area contributed by atoms with Gasteiger partial charge in [0.1, 0.15) is 0 Å². The van der Waals surface area contributed by atoms with Gasteiger partial charge in [0.05, 0.1) is 11.5 Å². The fraction of sp³-hybridized carbons (Fsp3) is 0.417. The van der Waals surface area contributed by atoms with Crippen molar-refractivity contribution in [3.8, 4) is 0 Å². The number of anilines is 1. The normalized spacial score (nSPS) is 13.1. The second-order valence-electron chi connectivity index (χ2n) is 4.14. The van der Waals surface area contributed by atoms with Crippen molar-refractivity contribution >= 4 is 27.6 Å². The zero-order valence-electron chi connectivity index (χ0n) is 10.1. The molecule has 1 aromatic carbocycles. The van der Waals surface area contributed by atoms with Crippen molar-refractivity contribution in [2.24, 2.45) is 5.92 Å². The molecule has 0 radical (unpaired) electrons. The molecule has 0 aliphatic carbocycles. The summed E-state index contributed by atoms with van der Waals surface area (Å²) in [5, 5.41) is 11.3. The van der Waals surface area contributed by atoms with Crippen LogP contribution in [0.2, 0.25) is 0 Å². The van der Waals surface area contributed by atoms with E-state index in [4.69, 9.17) is 5.11 Å². The Morgan fingerprint density at radius 1 is 1.47 bits per heavy atom. The van der Waals surface area contributed by atoms with Crippen LogP contribution in [-0.4, -0.2) is 17.6 Å². The van der Waals surface area contributed by atoms with Gasteiger partial charge >= 0.3 is 12.1 Å². The van der Waals surface area contributed by atoms with Crippen LogP contribution in [0.4, 0.5) is 18.9 Å². The molecule has 0 fully saturated rings. The van der Waals surface area contributed by atoms with E-state index in [0.29, 0.717) is 4.47 Å². The number of hydrogen-bond donors (Lipinski definition) is 2. The average Bonchev–Trinajstić information content (AvgIpc) is 2.27. The van der Waals surface area contributed by atoms with Gasteiger partial charge in [0, 0.05) is 16.7 Å². The van der Waals surface area contributed by atoms with Gasteiger partial charge in [0.2, 0.25) is 0 Å². The molecule has 0 aromatic heterocycles. The van der Waals surface area contributed by atoms with Gasteiger partial charge in [-0.15, -0.1) is 0 Å². The molecule has 0 amide bonds. The van der Waals surface area contributed by atoms with E-state index >= 15 is 0 Å². The minimum Gasteiger partial charge on any atom is -0.481 e. The Kier molecular flexibility index (Phi) is 5.22. The lowest BCUT2D eigenvalue weighted by atomic mass is 10.1. The lowest BCUT2D eigenvalue weighted by molar-refractivity contribution is -0.141. The summed E-state index contributed by atoms with van der Waals surface area (Å²) in [5.41, 5.74) is -0.821. The van der Waals surface area contributed by atoms with Crippen LogP contribution < -0.4 is 5.32 Å². The molecular weight excluding hydrogens is 327 g/mol. The number of nitrogens with one attached hydrogen (secondary N) is 1. The Morgan fingerprint density at radius 2 is 2.11 bits per heavy atom. The molecule has 0 aliphatic heterocycles. The average molecular weight is 340 g/mol. The predicted octanol–water partition coefficient (Wildman–Crippen LogP) is 3.99. The van der Waals surface area contributed by atoms with E-state index in [1.54, 1.807) is 0 Å². The van der Waals surface area contributed by atoms with E-state index in [0.717, 1.165) is 6.07 Å². The molecule has 0 heterocycles. The molecule has 0 aliphatic rings. The lowest BCUT2D eigenvalue weighted by Crippen LogP contribution is -2.16. The smallest absolute Gasteiger partial charge is 0.418 e. The molecule has 0 spiro atoms. The number of rotatable bonds is 5. The SMILES string of the molecule is CC(CCNc1cc(Br)ccc1C(F)(F)F)C(=O)O. The molecule has 0 bridgehead atoms. The van der Waals surface area contributed by atoms with E-state index in [-0.39, 0.29) is 18.7 Å². The first-order valence-corrected chi connectivity index (χ1v) is 6.34. The van der Waals surface area contributed by atoms with E-state index in [2.05, 4.69) is 21.2 Å². The molecule has 1 rings (SSSR count). The lowest BCUT2D eigenvalue weighted by Gasteiger charge is -2.15. The standard InChI is InChI=1S/C12H13BrF3NO2/c1-7(11(18)19)4-5-17-10-6-8(13)2-3-9(10)12(14,15)16/h2-3,6-7,17H,4-5H2,1H3,(H,18,19). The number of alkyl halides is 3. The summed E-state index contributed by atoms with van der Waals surface area (Å²) < 4.78 is 38.8. The summed E-state index contributed by atoms with van der Waals surface area (Å²) in [6.07, 6.45) is -4.19. The summed E-state index contributed by atoms with van der Waals surface area (Å²) in [6, 6.07) is 3.62. The van der Waals surface area contributed by atoms with Gasteiger partial charge in [0.25, 0.3) is 0 Å². The summed E-state index contributed by atoms with van der Waals surface area (Å²) in [5.74, 6) is -1.57. The van der Waals surface area contributed by atoms with E-state index in [1.165, 1.54) is 19.1 Å². The van der Waals surface area contributed by atoms with Crippen molar-refractivity contribution in [1.29, 1.82) is 0 Å². The van der Waals surface area contributed by atoms with Gasteiger partial charge < -0.3 is 10.4 Å². The molecule has 7 heteroatoms. The van der Waals surface area contributed by atoms with Crippen LogP contribution in [0.15, 0.2) is 22.7 Å². The monoisotopic (exact) mass is 339 g/mol. The third kappa shape index (κ3) is 4.74. The Balaban J connectivity index is 2.77. The van der Waals surface area contributed by atoms with Crippen molar-refractivity contribution in [2.75, 3.05) is 11.9 Å². The minimum atomic E-state index is -4.44. The Morgan fingerprint density at radius 3 is 2.63 bits per heavy atom. The highest BCUT2D eigenvalue weighted by molar-refractivity contribution is 9.10. The summed E-state index contributed by atoms with van der Waals surface area (Å²) >= 11 is 3.11. The maximum absolute atomic E-state index is 12.7. The highest BCUT2D eigenvalue weighted by Crippen LogP contribution is 2.36. The minimum absolute atomic E-state index is 0.0561. The van der Waals surface area contributed by atoms with Gasteiger partial charge in [-0.3, -0.25) is 4.79 Å². The van der Waals surface area contributed by atoms with Crippen molar-refractivity contribution in [2.45, 2.75) is 19.5 Å². The summed E-state index contributed by atoms with van der Waals surface area (Å²) in [6.45, 7) is 1.67. The molecule has 3 nitrogen and oxygen atoms in total. The molecular formula is C12H13BrF3NO2. The fourth-order valence-electron chi connectivity index (χ4n) is 1.46. The highest BCUT2D eigenvalue weighted by atomic mass is 79.9. The van der Waals surface area contributed by atoms with Crippen molar-refractivity contribution in [3.63, 3.8) is 0 Å². The number of carbonyl (C=O) groups is 1. The van der Waals surface area contributed by atoms with Gasteiger partial charge in [-0.1, -0.05) is 22.9 Å². The van der Waals surface area contributed by atoms with Crippen molar-refractivity contribution in [1.82, 2.24) is 0 Å². The number of benzene rings is 1. The molecule has 0 saturated heterocycles. The van der Waals surface area contributed by atoms with Crippen LogP contribution in [0.1, 0.15) is 18.9 Å². The number of hydrogen-bond acceptors (Lipinski definition) is 2. The second-order valence-corrected chi connectivity index (χ2v) is 5.06. The maximum atomic E-state index is 12.7. The maximum Gasteiger partial charge on any atom is 0.418 e. The third-order valence-electron chi connectivity index (χ3n) is 2.60. The first-order chi connectivity index (χ1) is 8.71. The van der Waals surface area contributed by atoms with Crippen molar-refractivity contribution in [3.05, 3.63) is 28.2 Å². The quantitative estimate of drug-likeness (QED) is 0.852. The Hall–Kier alpha value is -1.24. The number of aliphatic carboxylic acids is 1. The first-order valence-electron chi connectivity index (χ1n) is 5.55. The number of halogens is 4. The van der Waals surface area contributed by atoms with E-state index in [1.807, 2.05) is 0 Å². The molecule has 106 valence electrons. The van der Waals surface area contributed by atoms with Crippen LogP contribution >= 0.6 is 15.9 Å². The molecule has 0 saturated carbocycles. The molecule has 19 heavy (non-hydrogen) atoms. The van der Waals surface area contributed by atoms with Crippen LogP contribution in [0, 0.1) is 5.92 Å². The first kappa shape index (κ1) is 15.8. The van der Waals surface area contributed by atoms with Gasteiger partial charge in [-0.2, -0.15) is 13.2 Å². The molecule has 1 unspecified atom stereocenters. The van der Waals surface area contributed by atoms with Crippen molar-refractivity contribution < 1.29 is 23.1 Å². The van der Waals surface area contributed by atoms with Crippen LogP contribution in [0.3, 0.4) is 0 Å². The number of carboxylic acid groups (broad SMARTS) is 1.